The van der Waals surface area contributed by atoms with Crippen molar-refractivity contribution in [1.29, 1.82) is 0 Å². The van der Waals surface area contributed by atoms with Crippen molar-refractivity contribution >= 4 is 33.9 Å². The SMILES string of the molecule is COc1cc(C=NNC(=O)Nc2ccccc2C)c(Br)cc1OCc1ccc(F)cc1. The predicted octanol–water partition coefficient (Wildman–Crippen LogP) is 5.64. The summed E-state index contributed by atoms with van der Waals surface area (Å²) in [6.07, 6.45) is 1.49. The molecule has 0 heterocycles. The van der Waals surface area contributed by atoms with Gasteiger partial charge in [-0.15, -0.1) is 0 Å². The van der Waals surface area contributed by atoms with E-state index in [-0.39, 0.29) is 12.4 Å². The van der Waals surface area contributed by atoms with Crippen LogP contribution < -0.4 is 20.2 Å². The van der Waals surface area contributed by atoms with Gasteiger partial charge in [0.1, 0.15) is 12.4 Å². The first-order valence-corrected chi connectivity index (χ1v) is 10.2. The second kappa shape index (κ2) is 10.6. The number of hydrazone groups is 1. The van der Waals surface area contributed by atoms with E-state index >= 15 is 0 Å². The van der Waals surface area contributed by atoms with Gasteiger partial charge in [0.25, 0.3) is 0 Å². The number of nitrogens with one attached hydrogen (secondary N) is 2. The molecule has 0 spiro atoms. The number of aryl methyl sites for hydroxylation is 1. The fraction of sp³-hybridized carbons (Fsp3) is 0.130. The third-order valence-electron chi connectivity index (χ3n) is 4.35. The van der Waals surface area contributed by atoms with Gasteiger partial charge >= 0.3 is 6.03 Å². The Labute approximate surface area is 188 Å². The van der Waals surface area contributed by atoms with Crippen molar-refractivity contribution in [1.82, 2.24) is 5.43 Å². The Bertz CT molecular complexity index is 1090. The number of carbonyl (C=O) groups is 1. The van der Waals surface area contributed by atoms with Gasteiger partial charge in [-0.1, -0.05) is 30.3 Å². The van der Waals surface area contributed by atoms with Gasteiger partial charge in [-0.3, -0.25) is 0 Å². The summed E-state index contributed by atoms with van der Waals surface area (Å²) in [6, 6.07) is 16.6. The summed E-state index contributed by atoms with van der Waals surface area (Å²) >= 11 is 3.47. The first-order valence-electron chi connectivity index (χ1n) is 9.36. The monoisotopic (exact) mass is 485 g/mol. The topological polar surface area (TPSA) is 72.0 Å². The zero-order valence-electron chi connectivity index (χ0n) is 17.0. The average Bonchev–Trinajstić information content (AvgIpc) is 2.76. The Morgan fingerprint density at radius 2 is 1.87 bits per heavy atom. The van der Waals surface area contributed by atoms with E-state index in [4.69, 9.17) is 9.47 Å². The molecule has 2 N–H and O–H groups in total. The number of ether oxygens (including phenoxy) is 2. The van der Waals surface area contributed by atoms with E-state index < -0.39 is 6.03 Å². The van der Waals surface area contributed by atoms with Crippen molar-refractivity contribution < 1.29 is 18.7 Å². The van der Waals surface area contributed by atoms with Crippen molar-refractivity contribution in [2.45, 2.75) is 13.5 Å². The minimum atomic E-state index is -0.451. The van der Waals surface area contributed by atoms with E-state index in [1.165, 1.54) is 25.5 Å². The maximum atomic E-state index is 13.0. The molecule has 2 amide bonds. The number of benzene rings is 3. The third-order valence-corrected chi connectivity index (χ3v) is 5.04. The molecule has 0 aromatic heterocycles. The highest BCUT2D eigenvalue weighted by Gasteiger charge is 2.10. The lowest BCUT2D eigenvalue weighted by Crippen LogP contribution is -2.24. The highest BCUT2D eigenvalue weighted by atomic mass is 79.9. The lowest BCUT2D eigenvalue weighted by atomic mass is 10.2. The lowest BCUT2D eigenvalue weighted by molar-refractivity contribution is 0.252. The van der Waals surface area contributed by atoms with Crippen LogP contribution in [0.3, 0.4) is 0 Å². The van der Waals surface area contributed by atoms with Crippen LogP contribution in [0.25, 0.3) is 0 Å². The Morgan fingerprint density at radius 1 is 1.13 bits per heavy atom. The molecule has 0 saturated heterocycles. The highest BCUT2D eigenvalue weighted by molar-refractivity contribution is 9.10. The van der Waals surface area contributed by atoms with E-state index in [0.29, 0.717) is 27.2 Å². The number of methoxy groups -OCH3 is 1. The molecule has 0 aliphatic heterocycles. The molecule has 0 aliphatic carbocycles. The number of hydrogen-bond acceptors (Lipinski definition) is 4. The molecule has 3 aromatic rings. The molecule has 0 saturated carbocycles. The van der Waals surface area contributed by atoms with E-state index in [9.17, 15) is 9.18 Å². The minimum Gasteiger partial charge on any atom is -0.493 e. The quantitative estimate of drug-likeness (QED) is 0.336. The molecule has 0 bridgehead atoms. The van der Waals surface area contributed by atoms with Crippen LogP contribution >= 0.6 is 15.9 Å². The first-order chi connectivity index (χ1) is 15.0. The fourth-order valence-electron chi connectivity index (χ4n) is 2.69. The number of nitrogens with zero attached hydrogens (tertiary/aromatic N) is 1. The van der Waals surface area contributed by atoms with Gasteiger partial charge in [0.05, 0.1) is 13.3 Å². The number of amides is 2. The minimum absolute atomic E-state index is 0.261. The molecule has 0 unspecified atom stereocenters. The maximum Gasteiger partial charge on any atom is 0.339 e. The second-order valence-electron chi connectivity index (χ2n) is 6.58. The standard InChI is InChI=1S/C23H21BrFN3O3/c1-15-5-3-4-6-20(15)27-23(29)28-26-13-17-11-21(30-2)22(12-19(17)24)31-14-16-7-9-18(25)10-8-16/h3-13H,14H2,1-2H3,(H2,27,28,29). The Hall–Kier alpha value is -3.39. The molecule has 31 heavy (non-hydrogen) atoms. The number of halogens is 2. The molecule has 8 heteroatoms. The zero-order valence-corrected chi connectivity index (χ0v) is 18.6. The van der Waals surface area contributed by atoms with Gasteiger partial charge in [0, 0.05) is 15.7 Å². The molecule has 0 fully saturated rings. The van der Waals surface area contributed by atoms with Crippen LogP contribution in [0.1, 0.15) is 16.7 Å². The Kier molecular flexibility index (Phi) is 7.61. The molecule has 3 aromatic carbocycles. The summed E-state index contributed by atoms with van der Waals surface area (Å²) in [5.74, 6) is 0.714. The summed E-state index contributed by atoms with van der Waals surface area (Å²) in [5.41, 5.74) is 5.60. The second-order valence-corrected chi connectivity index (χ2v) is 7.43. The average molecular weight is 486 g/mol. The van der Waals surface area contributed by atoms with Gasteiger partial charge < -0.3 is 14.8 Å². The van der Waals surface area contributed by atoms with E-state index in [1.54, 1.807) is 24.3 Å². The lowest BCUT2D eigenvalue weighted by Gasteiger charge is -2.13. The third kappa shape index (κ3) is 6.29. The van der Waals surface area contributed by atoms with E-state index in [2.05, 4.69) is 31.8 Å². The summed E-state index contributed by atoms with van der Waals surface area (Å²) < 4.78 is 24.9. The van der Waals surface area contributed by atoms with Crippen LogP contribution in [0, 0.1) is 12.7 Å². The number of hydrogen-bond donors (Lipinski definition) is 2. The molecule has 0 atom stereocenters. The summed E-state index contributed by atoms with van der Waals surface area (Å²) in [7, 11) is 1.53. The molecule has 3 rings (SSSR count). The van der Waals surface area contributed by atoms with Gasteiger partial charge in [0.15, 0.2) is 11.5 Å². The molecular formula is C23H21BrFN3O3. The van der Waals surface area contributed by atoms with Crippen LogP contribution in [0.5, 0.6) is 11.5 Å². The number of carbonyl (C=O) groups excluding carboxylic acids is 1. The maximum absolute atomic E-state index is 13.0. The summed E-state index contributed by atoms with van der Waals surface area (Å²) in [4.78, 5) is 12.0. The van der Waals surface area contributed by atoms with Gasteiger partial charge in [-0.25, -0.2) is 14.6 Å². The number of para-hydroxylation sites is 1. The van der Waals surface area contributed by atoms with E-state index in [0.717, 1.165) is 11.1 Å². The highest BCUT2D eigenvalue weighted by Crippen LogP contribution is 2.33. The molecule has 6 nitrogen and oxygen atoms in total. The fourth-order valence-corrected chi connectivity index (χ4v) is 3.11. The Balaban J connectivity index is 1.64. The Morgan fingerprint density at radius 3 is 2.58 bits per heavy atom. The van der Waals surface area contributed by atoms with Crippen LogP contribution in [0.15, 0.2) is 70.2 Å². The van der Waals surface area contributed by atoms with Crippen molar-refractivity contribution in [2.24, 2.45) is 5.10 Å². The summed E-state index contributed by atoms with van der Waals surface area (Å²) in [5, 5.41) is 6.72. The molecule has 0 aliphatic rings. The number of urea groups is 1. The van der Waals surface area contributed by atoms with E-state index in [1.807, 2.05) is 31.2 Å². The largest absolute Gasteiger partial charge is 0.493 e. The predicted molar refractivity (Wildman–Crippen MR) is 122 cm³/mol. The van der Waals surface area contributed by atoms with Crippen molar-refractivity contribution in [3.63, 3.8) is 0 Å². The van der Waals surface area contributed by atoms with Crippen molar-refractivity contribution in [2.75, 3.05) is 12.4 Å². The first kappa shape index (κ1) is 22.3. The van der Waals surface area contributed by atoms with Crippen LogP contribution in [0.4, 0.5) is 14.9 Å². The molecular weight excluding hydrogens is 465 g/mol. The number of rotatable bonds is 7. The van der Waals surface area contributed by atoms with Gasteiger partial charge in [-0.05, 0) is 64.3 Å². The van der Waals surface area contributed by atoms with Crippen molar-refractivity contribution in [3.05, 3.63) is 87.6 Å². The number of anilines is 1. The van der Waals surface area contributed by atoms with Crippen LogP contribution in [-0.2, 0) is 6.61 Å². The van der Waals surface area contributed by atoms with Gasteiger partial charge in [0.2, 0.25) is 0 Å². The smallest absolute Gasteiger partial charge is 0.339 e. The van der Waals surface area contributed by atoms with Crippen LogP contribution in [-0.4, -0.2) is 19.4 Å². The molecule has 0 radical (unpaired) electrons. The molecule has 160 valence electrons. The van der Waals surface area contributed by atoms with Crippen molar-refractivity contribution in [3.8, 4) is 11.5 Å². The zero-order chi connectivity index (χ0) is 22.2. The summed E-state index contributed by atoms with van der Waals surface area (Å²) in [6.45, 7) is 2.17. The normalized spacial score (nSPS) is 10.7. The van der Waals surface area contributed by atoms with Crippen LogP contribution in [0.2, 0.25) is 0 Å². The van der Waals surface area contributed by atoms with Gasteiger partial charge in [-0.2, -0.15) is 5.10 Å².